The van der Waals surface area contributed by atoms with Gasteiger partial charge in [0.15, 0.2) is 0 Å². The van der Waals surface area contributed by atoms with Crippen LogP contribution in [0.1, 0.15) is 18.4 Å². The minimum absolute atomic E-state index is 0. The van der Waals surface area contributed by atoms with Gasteiger partial charge in [-0.15, -0.1) is 12.4 Å². The molecule has 1 aromatic heterocycles. The van der Waals surface area contributed by atoms with E-state index in [0.717, 1.165) is 12.3 Å². The Hall–Kier alpha value is -1.01. The van der Waals surface area contributed by atoms with Gasteiger partial charge in [0.1, 0.15) is 11.9 Å². The minimum atomic E-state index is -4.39. The SMILES string of the molecule is Cl.N[C@H]1C[C@H](Oc2cncc(C(F)(F)F)c2)C1. The van der Waals surface area contributed by atoms with Crippen molar-refractivity contribution in [2.24, 2.45) is 5.73 Å². The third kappa shape index (κ3) is 3.47. The summed E-state index contributed by atoms with van der Waals surface area (Å²) in [5, 5.41) is 0. The molecule has 1 aliphatic rings. The molecule has 2 N–H and O–H groups in total. The fraction of sp³-hybridized carbons (Fsp3) is 0.500. The van der Waals surface area contributed by atoms with E-state index >= 15 is 0 Å². The van der Waals surface area contributed by atoms with Crippen LogP contribution >= 0.6 is 12.4 Å². The van der Waals surface area contributed by atoms with Gasteiger partial charge in [0.25, 0.3) is 0 Å². The maximum absolute atomic E-state index is 12.3. The highest BCUT2D eigenvalue weighted by molar-refractivity contribution is 5.85. The van der Waals surface area contributed by atoms with Crippen molar-refractivity contribution in [1.29, 1.82) is 0 Å². The Balaban J connectivity index is 0.00000144. The lowest BCUT2D eigenvalue weighted by Crippen LogP contribution is -2.43. The molecule has 7 heteroatoms. The van der Waals surface area contributed by atoms with Crippen LogP contribution in [0.4, 0.5) is 13.2 Å². The zero-order valence-corrected chi connectivity index (χ0v) is 9.59. The van der Waals surface area contributed by atoms with Crippen molar-refractivity contribution in [2.45, 2.75) is 31.2 Å². The molecule has 3 nitrogen and oxygen atoms in total. The molecule has 96 valence electrons. The molecule has 0 amide bonds. The van der Waals surface area contributed by atoms with Gasteiger partial charge in [-0.05, 0) is 18.9 Å². The fourth-order valence-corrected chi connectivity index (χ4v) is 1.53. The number of hydrogen-bond donors (Lipinski definition) is 1. The summed E-state index contributed by atoms with van der Waals surface area (Å²) in [6.07, 6.45) is -1.06. The predicted molar refractivity (Wildman–Crippen MR) is 58.1 cm³/mol. The topological polar surface area (TPSA) is 48.1 Å². The lowest BCUT2D eigenvalue weighted by molar-refractivity contribution is -0.138. The number of pyridine rings is 1. The first-order chi connectivity index (χ1) is 7.45. The van der Waals surface area contributed by atoms with Crippen LogP contribution in [0.15, 0.2) is 18.5 Å². The lowest BCUT2D eigenvalue weighted by Gasteiger charge is -2.32. The molecule has 2 rings (SSSR count). The van der Waals surface area contributed by atoms with Crippen molar-refractivity contribution >= 4 is 12.4 Å². The minimum Gasteiger partial charge on any atom is -0.489 e. The normalized spacial score (nSPS) is 23.5. The van der Waals surface area contributed by atoms with E-state index in [1.165, 1.54) is 6.20 Å². The molecule has 0 radical (unpaired) electrons. The summed E-state index contributed by atoms with van der Waals surface area (Å²) in [6.45, 7) is 0. The molecule has 0 spiro atoms. The summed E-state index contributed by atoms with van der Waals surface area (Å²) in [5.74, 6) is 0.145. The molecule has 0 atom stereocenters. The fourth-order valence-electron chi connectivity index (χ4n) is 1.53. The standard InChI is InChI=1S/C10H11F3N2O.ClH/c11-10(12,13)6-1-9(5-15-4-6)16-8-2-7(14)3-8;/h1,4-5,7-8H,2-3,14H2;1H/t7-,8-;. The molecule has 17 heavy (non-hydrogen) atoms. The summed E-state index contributed by atoms with van der Waals surface area (Å²) in [4.78, 5) is 3.51. The van der Waals surface area contributed by atoms with Gasteiger partial charge < -0.3 is 10.5 Å². The highest BCUT2D eigenvalue weighted by Gasteiger charge is 2.32. The molecule has 0 unspecified atom stereocenters. The first kappa shape index (κ1) is 14.1. The van der Waals surface area contributed by atoms with Gasteiger partial charge >= 0.3 is 6.18 Å². The van der Waals surface area contributed by atoms with E-state index in [2.05, 4.69) is 4.98 Å². The van der Waals surface area contributed by atoms with Crippen LogP contribution in [0.2, 0.25) is 0 Å². The summed E-state index contributed by atoms with van der Waals surface area (Å²) >= 11 is 0. The largest absolute Gasteiger partial charge is 0.489 e. The number of rotatable bonds is 2. The molecular formula is C10H12ClF3N2O. The molecule has 0 bridgehead atoms. The van der Waals surface area contributed by atoms with E-state index in [0.29, 0.717) is 12.8 Å². The summed E-state index contributed by atoms with van der Waals surface area (Å²) in [5.41, 5.74) is 4.75. The number of nitrogens with zero attached hydrogens (tertiary/aromatic N) is 1. The quantitative estimate of drug-likeness (QED) is 0.896. The molecular weight excluding hydrogens is 257 g/mol. The Kier molecular flexibility index (Phi) is 4.21. The van der Waals surface area contributed by atoms with Crippen molar-refractivity contribution in [3.63, 3.8) is 0 Å². The van der Waals surface area contributed by atoms with E-state index in [9.17, 15) is 13.2 Å². The summed E-state index contributed by atoms with van der Waals surface area (Å²) in [6, 6.07) is 1.06. The molecule has 0 aromatic carbocycles. The predicted octanol–water partition coefficient (Wildman–Crippen LogP) is 2.39. The van der Waals surface area contributed by atoms with Crippen LogP contribution in [0, 0.1) is 0 Å². The third-order valence-electron chi connectivity index (χ3n) is 2.47. The summed E-state index contributed by atoms with van der Waals surface area (Å²) in [7, 11) is 0. The van der Waals surface area contributed by atoms with Crippen molar-refractivity contribution in [3.05, 3.63) is 24.0 Å². The van der Waals surface area contributed by atoms with E-state index in [1.807, 2.05) is 0 Å². The molecule has 1 heterocycles. The molecule has 0 aliphatic heterocycles. The Morgan fingerprint density at radius 1 is 1.29 bits per heavy atom. The Labute approximate surface area is 103 Å². The van der Waals surface area contributed by atoms with Crippen LogP contribution in [0.25, 0.3) is 0 Å². The maximum Gasteiger partial charge on any atom is 0.418 e. The molecule has 1 saturated carbocycles. The summed E-state index contributed by atoms with van der Waals surface area (Å²) < 4.78 is 42.4. The molecule has 1 aromatic rings. The van der Waals surface area contributed by atoms with Crippen LogP contribution in [-0.2, 0) is 6.18 Å². The molecule has 1 fully saturated rings. The van der Waals surface area contributed by atoms with Gasteiger partial charge in [0.05, 0.1) is 11.8 Å². The van der Waals surface area contributed by atoms with Crippen molar-refractivity contribution in [3.8, 4) is 5.75 Å². The number of ether oxygens (including phenoxy) is 1. The van der Waals surface area contributed by atoms with Crippen molar-refractivity contribution < 1.29 is 17.9 Å². The Morgan fingerprint density at radius 3 is 2.47 bits per heavy atom. The second-order valence-electron chi connectivity index (χ2n) is 3.88. The Morgan fingerprint density at radius 2 is 1.94 bits per heavy atom. The monoisotopic (exact) mass is 268 g/mol. The van der Waals surface area contributed by atoms with Gasteiger partial charge in [0, 0.05) is 12.2 Å². The Bertz CT molecular complexity index is 380. The maximum atomic E-state index is 12.3. The van der Waals surface area contributed by atoms with Gasteiger partial charge in [-0.3, -0.25) is 4.98 Å². The lowest BCUT2D eigenvalue weighted by atomic mass is 9.90. The van der Waals surface area contributed by atoms with E-state index in [1.54, 1.807) is 0 Å². The van der Waals surface area contributed by atoms with Crippen LogP contribution in [0.3, 0.4) is 0 Å². The average molecular weight is 269 g/mol. The van der Waals surface area contributed by atoms with Gasteiger partial charge in [-0.2, -0.15) is 13.2 Å². The number of alkyl halides is 3. The number of halogens is 4. The zero-order chi connectivity index (χ0) is 11.8. The van der Waals surface area contributed by atoms with Gasteiger partial charge in [-0.1, -0.05) is 0 Å². The second kappa shape index (κ2) is 5.10. The van der Waals surface area contributed by atoms with Crippen LogP contribution in [-0.4, -0.2) is 17.1 Å². The van der Waals surface area contributed by atoms with Crippen molar-refractivity contribution in [2.75, 3.05) is 0 Å². The zero-order valence-electron chi connectivity index (χ0n) is 8.78. The van der Waals surface area contributed by atoms with Gasteiger partial charge in [-0.25, -0.2) is 0 Å². The van der Waals surface area contributed by atoms with Crippen LogP contribution < -0.4 is 10.5 Å². The first-order valence-corrected chi connectivity index (χ1v) is 4.89. The van der Waals surface area contributed by atoms with E-state index < -0.39 is 11.7 Å². The third-order valence-corrected chi connectivity index (χ3v) is 2.47. The molecule has 1 aliphatic carbocycles. The highest BCUT2D eigenvalue weighted by atomic mass is 35.5. The molecule has 0 saturated heterocycles. The van der Waals surface area contributed by atoms with Crippen LogP contribution in [0.5, 0.6) is 5.75 Å². The number of nitrogens with two attached hydrogens (primary N) is 1. The average Bonchev–Trinajstić information content (AvgIpc) is 2.14. The van der Waals surface area contributed by atoms with Crippen molar-refractivity contribution in [1.82, 2.24) is 4.98 Å². The smallest absolute Gasteiger partial charge is 0.418 e. The van der Waals surface area contributed by atoms with E-state index in [4.69, 9.17) is 10.5 Å². The van der Waals surface area contributed by atoms with Gasteiger partial charge in [0.2, 0.25) is 0 Å². The first-order valence-electron chi connectivity index (χ1n) is 4.89. The highest BCUT2D eigenvalue weighted by Crippen LogP contribution is 2.32. The van der Waals surface area contributed by atoms with E-state index in [-0.39, 0.29) is 30.3 Å². The second-order valence-corrected chi connectivity index (χ2v) is 3.88. The number of hydrogen-bond acceptors (Lipinski definition) is 3. The number of aromatic nitrogens is 1.